The topological polar surface area (TPSA) is 29.3 Å². The van der Waals surface area contributed by atoms with Crippen LogP contribution in [0.3, 0.4) is 0 Å². The highest BCUT2D eigenvalue weighted by molar-refractivity contribution is 4.85. The minimum atomic E-state index is 0.678. The van der Waals surface area contributed by atoms with Crippen molar-refractivity contribution in [1.82, 2.24) is 4.90 Å². The van der Waals surface area contributed by atoms with Crippen LogP contribution in [-0.2, 0) is 0 Å². The fourth-order valence-corrected chi connectivity index (χ4v) is 2.83. The van der Waals surface area contributed by atoms with Gasteiger partial charge in [-0.05, 0) is 38.6 Å². The Morgan fingerprint density at radius 3 is 2.71 bits per heavy atom. The molecule has 2 heteroatoms. The fourth-order valence-electron chi connectivity index (χ4n) is 2.83. The highest BCUT2D eigenvalue weighted by Gasteiger charge is 2.30. The molecular weight excluding hydrogens is 172 g/mol. The van der Waals surface area contributed by atoms with Crippen LogP contribution in [0.2, 0.25) is 0 Å². The van der Waals surface area contributed by atoms with Crippen LogP contribution in [0.5, 0.6) is 0 Å². The van der Waals surface area contributed by atoms with Crippen molar-refractivity contribution in [3.8, 4) is 0 Å². The van der Waals surface area contributed by atoms with Gasteiger partial charge in [-0.2, -0.15) is 0 Å². The van der Waals surface area contributed by atoms with Crippen molar-refractivity contribution in [2.24, 2.45) is 11.7 Å². The first kappa shape index (κ1) is 10.4. The number of nitrogens with two attached hydrogens (primary N) is 1. The molecule has 0 aromatic rings. The molecule has 14 heavy (non-hydrogen) atoms. The molecule has 0 radical (unpaired) electrons. The van der Waals surface area contributed by atoms with Gasteiger partial charge < -0.3 is 5.73 Å². The van der Waals surface area contributed by atoms with Gasteiger partial charge >= 0.3 is 0 Å². The molecular formula is C12H24N2. The highest BCUT2D eigenvalue weighted by atomic mass is 15.2. The van der Waals surface area contributed by atoms with Crippen LogP contribution in [-0.4, -0.2) is 30.1 Å². The molecule has 1 saturated heterocycles. The van der Waals surface area contributed by atoms with Gasteiger partial charge in [-0.1, -0.05) is 19.3 Å². The SMILES string of the molecule is CC(CC1CC1)N1CCCCC1CN. The number of nitrogens with zero attached hydrogens (tertiary/aromatic N) is 1. The van der Waals surface area contributed by atoms with Crippen LogP contribution in [0.1, 0.15) is 45.4 Å². The molecule has 2 atom stereocenters. The van der Waals surface area contributed by atoms with Gasteiger partial charge in [-0.25, -0.2) is 0 Å². The minimum absolute atomic E-state index is 0.678. The van der Waals surface area contributed by atoms with E-state index in [1.807, 2.05) is 0 Å². The van der Waals surface area contributed by atoms with Gasteiger partial charge in [0, 0.05) is 18.6 Å². The average molecular weight is 196 g/mol. The molecule has 2 aliphatic rings. The summed E-state index contributed by atoms with van der Waals surface area (Å²) in [6.07, 6.45) is 8.46. The Balaban J connectivity index is 1.84. The quantitative estimate of drug-likeness (QED) is 0.745. The molecule has 1 aliphatic heterocycles. The number of rotatable bonds is 4. The molecule has 1 heterocycles. The lowest BCUT2D eigenvalue weighted by atomic mass is 9.98. The molecule has 2 nitrogen and oxygen atoms in total. The first-order valence-corrected chi connectivity index (χ1v) is 6.27. The van der Waals surface area contributed by atoms with Crippen LogP contribution < -0.4 is 5.73 Å². The van der Waals surface area contributed by atoms with Crippen molar-refractivity contribution in [3.05, 3.63) is 0 Å². The fraction of sp³-hybridized carbons (Fsp3) is 1.00. The third-order valence-corrected chi connectivity index (χ3v) is 3.88. The Hall–Kier alpha value is -0.0800. The number of piperidine rings is 1. The molecule has 1 saturated carbocycles. The van der Waals surface area contributed by atoms with Gasteiger partial charge in [-0.3, -0.25) is 4.90 Å². The maximum Gasteiger partial charge on any atom is 0.0221 e. The van der Waals surface area contributed by atoms with Gasteiger partial charge in [-0.15, -0.1) is 0 Å². The summed E-state index contributed by atoms with van der Waals surface area (Å²) in [6, 6.07) is 1.45. The van der Waals surface area contributed by atoms with E-state index in [9.17, 15) is 0 Å². The van der Waals surface area contributed by atoms with Crippen LogP contribution in [0.4, 0.5) is 0 Å². The second-order valence-corrected chi connectivity index (χ2v) is 5.15. The smallest absolute Gasteiger partial charge is 0.0221 e. The molecule has 0 amide bonds. The molecule has 0 aromatic heterocycles. The normalized spacial score (nSPS) is 31.7. The Kier molecular flexibility index (Phi) is 3.45. The lowest BCUT2D eigenvalue weighted by molar-refractivity contribution is 0.0997. The standard InChI is InChI=1S/C12H24N2/c1-10(8-11-5-6-11)14-7-3-2-4-12(14)9-13/h10-12H,2-9,13H2,1H3. The zero-order valence-corrected chi connectivity index (χ0v) is 9.41. The van der Waals surface area contributed by atoms with E-state index < -0.39 is 0 Å². The average Bonchev–Trinajstić information content (AvgIpc) is 3.01. The monoisotopic (exact) mass is 196 g/mol. The maximum absolute atomic E-state index is 5.84. The van der Waals surface area contributed by atoms with Crippen LogP contribution in [0.15, 0.2) is 0 Å². The van der Waals surface area contributed by atoms with Gasteiger partial charge in [0.1, 0.15) is 0 Å². The summed E-state index contributed by atoms with van der Waals surface area (Å²) in [7, 11) is 0. The summed E-state index contributed by atoms with van der Waals surface area (Å²) in [5.74, 6) is 1.05. The van der Waals surface area contributed by atoms with E-state index in [0.29, 0.717) is 6.04 Å². The molecule has 0 bridgehead atoms. The Morgan fingerprint density at radius 1 is 1.29 bits per heavy atom. The Bertz CT molecular complexity index is 177. The van der Waals surface area contributed by atoms with Crippen LogP contribution in [0.25, 0.3) is 0 Å². The zero-order chi connectivity index (χ0) is 9.97. The summed E-state index contributed by atoms with van der Waals surface area (Å²) in [6.45, 7) is 4.54. The summed E-state index contributed by atoms with van der Waals surface area (Å²) in [5, 5.41) is 0. The van der Waals surface area contributed by atoms with Crippen molar-refractivity contribution in [2.75, 3.05) is 13.1 Å². The van der Waals surface area contributed by atoms with Gasteiger partial charge in [0.15, 0.2) is 0 Å². The summed E-state index contributed by atoms with van der Waals surface area (Å²) in [5.41, 5.74) is 5.84. The predicted molar refractivity (Wildman–Crippen MR) is 60.2 cm³/mol. The van der Waals surface area contributed by atoms with Crippen molar-refractivity contribution in [3.63, 3.8) is 0 Å². The molecule has 0 spiro atoms. The summed E-state index contributed by atoms with van der Waals surface area (Å²) < 4.78 is 0. The third-order valence-electron chi connectivity index (χ3n) is 3.88. The molecule has 2 fully saturated rings. The van der Waals surface area contributed by atoms with Gasteiger partial charge in [0.05, 0.1) is 0 Å². The van der Waals surface area contributed by atoms with Crippen molar-refractivity contribution >= 4 is 0 Å². The second kappa shape index (κ2) is 4.63. The Labute approximate surface area is 87.8 Å². The van der Waals surface area contributed by atoms with Crippen LogP contribution in [0, 0.1) is 5.92 Å². The molecule has 0 aromatic carbocycles. The first-order valence-electron chi connectivity index (χ1n) is 6.27. The van der Waals surface area contributed by atoms with E-state index in [4.69, 9.17) is 5.73 Å². The zero-order valence-electron chi connectivity index (χ0n) is 9.41. The molecule has 2 N–H and O–H groups in total. The van der Waals surface area contributed by atoms with Crippen LogP contribution >= 0.6 is 0 Å². The highest BCUT2D eigenvalue weighted by Crippen LogP contribution is 2.35. The minimum Gasteiger partial charge on any atom is -0.329 e. The van der Waals surface area contributed by atoms with E-state index in [1.165, 1.54) is 45.1 Å². The number of hydrogen-bond acceptors (Lipinski definition) is 2. The predicted octanol–water partition coefficient (Wildman–Crippen LogP) is 1.99. The van der Waals surface area contributed by atoms with Crippen molar-refractivity contribution in [2.45, 2.75) is 57.5 Å². The van der Waals surface area contributed by atoms with E-state index in [1.54, 1.807) is 0 Å². The van der Waals surface area contributed by atoms with E-state index in [-0.39, 0.29) is 0 Å². The summed E-state index contributed by atoms with van der Waals surface area (Å²) in [4.78, 5) is 2.67. The van der Waals surface area contributed by atoms with Crippen molar-refractivity contribution < 1.29 is 0 Å². The maximum atomic E-state index is 5.84. The first-order chi connectivity index (χ1) is 6.81. The largest absolute Gasteiger partial charge is 0.329 e. The summed E-state index contributed by atoms with van der Waals surface area (Å²) >= 11 is 0. The van der Waals surface area contributed by atoms with E-state index in [0.717, 1.165) is 18.5 Å². The number of hydrogen-bond donors (Lipinski definition) is 1. The van der Waals surface area contributed by atoms with Gasteiger partial charge in [0.2, 0.25) is 0 Å². The second-order valence-electron chi connectivity index (χ2n) is 5.15. The third kappa shape index (κ3) is 2.48. The van der Waals surface area contributed by atoms with E-state index >= 15 is 0 Å². The molecule has 2 rings (SSSR count). The molecule has 82 valence electrons. The molecule has 1 aliphatic carbocycles. The van der Waals surface area contributed by atoms with Gasteiger partial charge in [0.25, 0.3) is 0 Å². The molecule has 2 unspecified atom stereocenters. The lowest BCUT2D eigenvalue weighted by Gasteiger charge is -2.39. The Morgan fingerprint density at radius 2 is 2.07 bits per heavy atom. The lowest BCUT2D eigenvalue weighted by Crippen LogP contribution is -2.48. The number of likely N-dealkylation sites (tertiary alicyclic amines) is 1. The van der Waals surface area contributed by atoms with Crippen molar-refractivity contribution in [1.29, 1.82) is 0 Å². The van der Waals surface area contributed by atoms with E-state index in [2.05, 4.69) is 11.8 Å².